The van der Waals surface area contributed by atoms with Gasteiger partial charge in [-0.2, -0.15) is 0 Å². The van der Waals surface area contributed by atoms with Gasteiger partial charge in [-0.05, 0) is 44.0 Å². The Morgan fingerprint density at radius 2 is 1.65 bits per heavy atom. The Bertz CT molecular complexity index is 760. The van der Waals surface area contributed by atoms with Gasteiger partial charge in [-0.1, -0.05) is 36.3 Å². The van der Waals surface area contributed by atoms with Gasteiger partial charge in [0.1, 0.15) is 0 Å². The fourth-order valence-corrected chi connectivity index (χ4v) is 2.28. The number of carbonyl (C=O) groups is 1. The first kappa shape index (κ1) is 19.5. The maximum atomic E-state index is 12.5. The minimum Gasteiger partial charge on any atom is -0.342 e. The summed E-state index contributed by atoms with van der Waals surface area (Å²) in [5, 5.41) is 2.86. The Labute approximate surface area is 154 Å². The highest BCUT2D eigenvalue weighted by atomic mass is 16.7. The predicted molar refractivity (Wildman–Crippen MR) is 104 cm³/mol. The standard InChI is InChI=1S/C21H24N2O3/c1-4-25-20(26-5-2)16-15-17-11-9-10-14-19(17)23(3)21(24)22-18-12-7-6-8-13-18/h6-14,20H,4-5H2,1-3H3,(H,22,24). The average Bonchev–Trinajstić information content (AvgIpc) is 2.67. The number of ether oxygens (including phenoxy) is 2. The lowest BCUT2D eigenvalue weighted by Gasteiger charge is -2.19. The zero-order valence-corrected chi connectivity index (χ0v) is 15.4. The summed E-state index contributed by atoms with van der Waals surface area (Å²) in [5.41, 5.74) is 2.17. The van der Waals surface area contributed by atoms with Crippen LogP contribution >= 0.6 is 0 Å². The zero-order valence-electron chi connectivity index (χ0n) is 15.4. The van der Waals surface area contributed by atoms with Crippen LogP contribution in [0.15, 0.2) is 54.6 Å². The van der Waals surface area contributed by atoms with Gasteiger partial charge in [-0.25, -0.2) is 4.79 Å². The summed E-state index contributed by atoms with van der Waals surface area (Å²) in [5.74, 6) is 6.03. The molecule has 5 heteroatoms. The van der Waals surface area contributed by atoms with Gasteiger partial charge in [0.25, 0.3) is 0 Å². The lowest BCUT2D eigenvalue weighted by Crippen LogP contribution is -2.31. The topological polar surface area (TPSA) is 50.8 Å². The zero-order chi connectivity index (χ0) is 18.8. The van der Waals surface area contributed by atoms with E-state index in [1.807, 2.05) is 68.4 Å². The van der Waals surface area contributed by atoms with E-state index in [4.69, 9.17) is 9.47 Å². The number of para-hydroxylation sites is 2. The second-order valence-corrected chi connectivity index (χ2v) is 5.38. The van der Waals surface area contributed by atoms with E-state index in [1.54, 1.807) is 7.05 Å². The van der Waals surface area contributed by atoms with Gasteiger partial charge in [0.05, 0.1) is 5.69 Å². The first-order valence-corrected chi connectivity index (χ1v) is 8.59. The Kier molecular flexibility index (Phi) is 7.69. The van der Waals surface area contributed by atoms with Crippen molar-refractivity contribution < 1.29 is 14.3 Å². The third-order valence-electron chi connectivity index (χ3n) is 3.56. The molecular formula is C21H24N2O3. The molecule has 0 aliphatic rings. The first-order chi connectivity index (χ1) is 12.7. The molecule has 0 aromatic heterocycles. The summed E-state index contributed by atoms with van der Waals surface area (Å²) in [6, 6.07) is 16.6. The fourth-order valence-electron chi connectivity index (χ4n) is 2.28. The molecule has 0 radical (unpaired) electrons. The van der Waals surface area contributed by atoms with Crippen LogP contribution in [0.2, 0.25) is 0 Å². The van der Waals surface area contributed by atoms with Crippen molar-refractivity contribution >= 4 is 17.4 Å². The normalized spacial score (nSPS) is 10.2. The second-order valence-electron chi connectivity index (χ2n) is 5.38. The van der Waals surface area contributed by atoms with Crippen molar-refractivity contribution in [1.29, 1.82) is 0 Å². The monoisotopic (exact) mass is 352 g/mol. The molecule has 0 unspecified atom stereocenters. The highest BCUT2D eigenvalue weighted by molar-refractivity contribution is 6.02. The maximum Gasteiger partial charge on any atom is 0.326 e. The number of hydrogen-bond acceptors (Lipinski definition) is 3. The van der Waals surface area contributed by atoms with Crippen LogP contribution in [0.5, 0.6) is 0 Å². The van der Waals surface area contributed by atoms with E-state index in [2.05, 4.69) is 17.2 Å². The smallest absolute Gasteiger partial charge is 0.326 e. The molecule has 136 valence electrons. The minimum atomic E-state index is -0.582. The molecule has 0 atom stereocenters. The van der Waals surface area contributed by atoms with Crippen molar-refractivity contribution in [2.75, 3.05) is 30.5 Å². The Balaban J connectivity index is 2.18. The molecule has 2 aromatic carbocycles. The van der Waals surface area contributed by atoms with E-state index in [9.17, 15) is 4.79 Å². The highest BCUT2D eigenvalue weighted by Gasteiger charge is 2.14. The molecule has 0 saturated heterocycles. The third kappa shape index (κ3) is 5.62. The van der Waals surface area contributed by atoms with Gasteiger partial charge in [0.15, 0.2) is 0 Å². The van der Waals surface area contributed by atoms with Gasteiger partial charge in [-0.15, -0.1) is 0 Å². The van der Waals surface area contributed by atoms with Crippen LogP contribution in [0, 0.1) is 11.8 Å². The van der Waals surface area contributed by atoms with Gasteiger partial charge >= 0.3 is 6.03 Å². The number of rotatable bonds is 6. The Morgan fingerprint density at radius 3 is 2.31 bits per heavy atom. The molecule has 1 N–H and O–H groups in total. The van der Waals surface area contributed by atoms with Gasteiger partial charge in [0.2, 0.25) is 6.29 Å². The molecule has 2 aromatic rings. The van der Waals surface area contributed by atoms with Crippen molar-refractivity contribution in [3.05, 3.63) is 60.2 Å². The summed E-state index contributed by atoms with van der Waals surface area (Å²) in [6.07, 6.45) is -0.582. The molecule has 5 nitrogen and oxygen atoms in total. The van der Waals surface area contributed by atoms with Crippen molar-refractivity contribution in [2.24, 2.45) is 0 Å². The van der Waals surface area contributed by atoms with Crippen molar-refractivity contribution in [3.63, 3.8) is 0 Å². The van der Waals surface area contributed by atoms with Crippen LogP contribution in [-0.2, 0) is 9.47 Å². The van der Waals surface area contributed by atoms with Crippen molar-refractivity contribution in [1.82, 2.24) is 0 Å². The van der Waals surface area contributed by atoms with E-state index in [1.165, 1.54) is 4.90 Å². The molecule has 0 fully saturated rings. The molecule has 0 aliphatic heterocycles. The molecule has 26 heavy (non-hydrogen) atoms. The maximum absolute atomic E-state index is 12.5. The molecular weight excluding hydrogens is 328 g/mol. The number of benzene rings is 2. The molecule has 0 aliphatic carbocycles. The van der Waals surface area contributed by atoms with Gasteiger partial charge in [0, 0.05) is 31.5 Å². The van der Waals surface area contributed by atoms with Crippen molar-refractivity contribution in [2.45, 2.75) is 20.1 Å². The molecule has 0 heterocycles. The molecule has 0 saturated carbocycles. The van der Waals surface area contributed by atoms with Crippen LogP contribution in [0.4, 0.5) is 16.2 Å². The number of urea groups is 1. The number of anilines is 2. The predicted octanol–water partition coefficient (Wildman–Crippen LogP) is 4.11. The number of nitrogens with one attached hydrogen (secondary N) is 1. The molecule has 0 spiro atoms. The lowest BCUT2D eigenvalue weighted by molar-refractivity contribution is -0.0969. The summed E-state index contributed by atoms with van der Waals surface area (Å²) in [6.45, 7) is 4.81. The van der Waals surface area contributed by atoms with Crippen LogP contribution < -0.4 is 10.2 Å². The SMILES string of the molecule is CCOC(C#Cc1ccccc1N(C)C(=O)Nc1ccccc1)OCC. The second kappa shape index (κ2) is 10.2. The van der Waals surface area contributed by atoms with E-state index >= 15 is 0 Å². The quantitative estimate of drug-likeness (QED) is 0.629. The molecule has 0 bridgehead atoms. The first-order valence-electron chi connectivity index (χ1n) is 8.59. The Morgan fingerprint density at radius 1 is 1.04 bits per heavy atom. The molecule has 2 amide bonds. The summed E-state index contributed by atoms with van der Waals surface area (Å²) in [7, 11) is 1.71. The summed E-state index contributed by atoms with van der Waals surface area (Å²) < 4.78 is 10.9. The largest absolute Gasteiger partial charge is 0.342 e. The van der Waals surface area contributed by atoms with Gasteiger partial charge in [-0.3, -0.25) is 4.90 Å². The van der Waals surface area contributed by atoms with E-state index < -0.39 is 6.29 Å². The van der Waals surface area contributed by atoms with E-state index in [0.29, 0.717) is 18.9 Å². The Hall–Kier alpha value is -2.81. The minimum absolute atomic E-state index is 0.239. The number of hydrogen-bond donors (Lipinski definition) is 1. The van der Waals surface area contributed by atoms with Crippen LogP contribution in [0.1, 0.15) is 19.4 Å². The van der Waals surface area contributed by atoms with Crippen LogP contribution in [0.3, 0.4) is 0 Å². The average molecular weight is 352 g/mol. The lowest BCUT2D eigenvalue weighted by atomic mass is 10.1. The van der Waals surface area contributed by atoms with Crippen LogP contribution in [-0.4, -0.2) is 32.6 Å². The van der Waals surface area contributed by atoms with Crippen LogP contribution in [0.25, 0.3) is 0 Å². The van der Waals surface area contributed by atoms with Gasteiger partial charge < -0.3 is 14.8 Å². The summed E-state index contributed by atoms with van der Waals surface area (Å²) in [4.78, 5) is 14.1. The summed E-state index contributed by atoms with van der Waals surface area (Å²) >= 11 is 0. The highest BCUT2D eigenvalue weighted by Crippen LogP contribution is 2.19. The van der Waals surface area contributed by atoms with Crippen molar-refractivity contribution in [3.8, 4) is 11.8 Å². The number of amides is 2. The number of nitrogens with zero attached hydrogens (tertiary/aromatic N) is 1. The third-order valence-corrected chi connectivity index (χ3v) is 3.56. The van der Waals surface area contributed by atoms with E-state index in [-0.39, 0.29) is 6.03 Å². The molecule has 2 rings (SSSR count). The number of carbonyl (C=O) groups excluding carboxylic acids is 1. The fraction of sp³-hybridized carbons (Fsp3) is 0.286. The van der Waals surface area contributed by atoms with E-state index in [0.717, 1.165) is 11.3 Å².